The van der Waals surface area contributed by atoms with Gasteiger partial charge in [-0.1, -0.05) is 11.6 Å². The molecule has 0 bridgehead atoms. The van der Waals surface area contributed by atoms with Gasteiger partial charge in [0.2, 0.25) is 0 Å². The van der Waals surface area contributed by atoms with E-state index in [1.54, 1.807) is 23.1 Å². The van der Waals surface area contributed by atoms with E-state index in [1.165, 1.54) is 11.3 Å². The lowest BCUT2D eigenvalue weighted by atomic mass is 10.1. The first kappa shape index (κ1) is 18.1. The maximum absolute atomic E-state index is 6.42. The zero-order valence-electron chi connectivity index (χ0n) is 16.3. The number of nitrogens with one attached hydrogen (secondary N) is 1. The number of halogens is 1. The Morgan fingerprint density at radius 2 is 2.10 bits per heavy atom. The number of fused-ring (bicyclic) bond motifs is 2. The lowest BCUT2D eigenvalue weighted by Crippen LogP contribution is -2.28. The molecule has 0 radical (unpaired) electrons. The molecule has 0 amide bonds. The van der Waals surface area contributed by atoms with Crippen molar-refractivity contribution in [3.05, 3.63) is 64.8 Å². The number of aromatic nitrogens is 5. The lowest BCUT2D eigenvalue weighted by molar-refractivity contribution is 0.229. The van der Waals surface area contributed by atoms with Gasteiger partial charge in [0.15, 0.2) is 0 Å². The Balaban J connectivity index is 1.61. The van der Waals surface area contributed by atoms with E-state index in [-0.39, 0.29) is 6.10 Å². The molecule has 1 aliphatic rings. The Morgan fingerprint density at radius 3 is 2.90 bits per heavy atom. The minimum Gasteiger partial charge on any atom is -0.484 e. The summed E-state index contributed by atoms with van der Waals surface area (Å²) >= 11 is 6.42. The summed E-state index contributed by atoms with van der Waals surface area (Å²) in [6.07, 6.45) is 6.96. The van der Waals surface area contributed by atoms with Crippen LogP contribution in [-0.2, 0) is 13.1 Å². The summed E-state index contributed by atoms with van der Waals surface area (Å²) in [6, 6.07) is 5.91. The highest BCUT2D eigenvalue weighted by Crippen LogP contribution is 2.35. The normalized spacial score (nSPS) is 14.7. The molecule has 5 heterocycles. The number of ether oxygens (including phenoxy) is 1. The SMILES string of the molecule is Cc1c(-c2cc(OC(C)c3ccncc3)c3c(Cl)cnn3c2)nn2c1CNCC2. The van der Waals surface area contributed by atoms with Gasteiger partial charge in [-0.2, -0.15) is 10.2 Å². The summed E-state index contributed by atoms with van der Waals surface area (Å²) in [5.74, 6) is 0.679. The van der Waals surface area contributed by atoms with Gasteiger partial charge in [0.05, 0.1) is 29.2 Å². The molecule has 0 aromatic carbocycles. The summed E-state index contributed by atoms with van der Waals surface area (Å²) in [6.45, 7) is 6.75. The van der Waals surface area contributed by atoms with Crippen molar-refractivity contribution in [1.82, 2.24) is 29.7 Å². The van der Waals surface area contributed by atoms with Crippen LogP contribution in [0.1, 0.15) is 29.8 Å². The molecule has 0 saturated carbocycles. The van der Waals surface area contributed by atoms with Crippen LogP contribution in [-0.4, -0.2) is 30.9 Å². The van der Waals surface area contributed by atoms with Crippen molar-refractivity contribution < 1.29 is 4.74 Å². The van der Waals surface area contributed by atoms with E-state index < -0.39 is 0 Å². The van der Waals surface area contributed by atoms with E-state index in [0.29, 0.717) is 10.8 Å². The number of nitrogens with zero attached hydrogens (tertiary/aromatic N) is 5. The monoisotopic (exact) mass is 408 g/mol. The minimum absolute atomic E-state index is 0.163. The van der Waals surface area contributed by atoms with Crippen molar-refractivity contribution in [2.24, 2.45) is 0 Å². The molecule has 5 rings (SSSR count). The summed E-state index contributed by atoms with van der Waals surface area (Å²) in [4.78, 5) is 4.08. The molecular weight excluding hydrogens is 388 g/mol. The molecule has 1 atom stereocenters. The quantitative estimate of drug-likeness (QED) is 0.556. The molecule has 1 N–H and O–H groups in total. The van der Waals surface area contributed by atoms with Crippen LogP contribution in [0.25, 0.3) is 16.8 Å². The Kier molecular flexibility index (Phi) is 4.49. The number of pyridine rings is 2. The van der Waals surface area contributed by atoms with Crippen LogP contribution in [0.2, 0.25) is 5.02 Å². The van der Waals surface area contributed by atoms with Gasteiger partial charge in [-0.25, -0.2) is 4.52 Å². The Labute approximate surface area is 173 Å². The third-order valence-electron chi connectivity index (χ3n) is 5.40. The van der Waals surface area contributed by atoms with Gasteiger partial charge in [0.1, 0.15) is 17.4 Å². The molecule has 29 heavy (non-hydrogen) atoms. The molecule has 8 heteroatoms. The summed E-state index contributed by atoms with van der Waals surface area (Å²) < 4.78 is 10.2. The second-order valence-corrected chi connectivity index (χ2v) is 7.65. The van der Waals surface area contributed by atoms with Crippen LogP contribution in [0.5, 0.6) is 5.75 Å². The average Bonchev–Trinajstić information content (AvgIpc) is 3.29. The highest BCUT2D eigenvalue weighted by Gasteiger charge is 2.21. The predicted molar refractivity (Wildman–Crippen MR) is 111 cm³/mol. The first-order chi connectivity index (χ1) is 14.1. The standard InChI is InChI=1S/C21H21ClN6O/c1-13-18-11-24-7-8-27(18)26-20(13)16-9-19(21-17(22)10-25-28(21)12-16)29-14(2)15-3-5-23-6-4-15/h3-6,9-10,12,14,24H,7-8,11H2,1-2H3. The van der Waals surface area contributed by atoms with Crippen molar-refractivity contribution in [3.8, 4) is 17.0 Å². The van der Waals surface area contributed by atoms with E-state index in [9.17, 15) is 0 Å². The molecule has 148 valence electrons. The number of hydrogen-bond acceptors (Lipinski definition) is 5. The third kappa shape index (κ3) is 3.16. The van der Waals surface area contributed by atoms with Gasteiger partial charge in [-0.15, -0.1) is 0 Å². The topological polar surface area (TPSA) is 69.3 Å². The van der Waals surface area contributed by atoms with Gasteiger partial charge < -0.3 is 10.1 Å². The molecule has 4 aromatic heterocycles. The van der Waals surface area contributed by atoms with E-state index in [4.69, 9.17) is 21.4 Å². The van der Waals surface area contributed by atoms with Crippen molar-refractivity contribution in [2.45, 2.75) is 33.0 Å². The number of hydrogen-bond donors (Lipinski definition) is 1. The van der Waals surface area contributed by atoms with Crippen molar-refractivity contribution >= 4 is 17.1 Å². The fraction of sp³-hybridized carbons (Fsp3) is 0.286. The molecule has 0 saturated heterocycles. The van der Waals surface area contributed by atoms with Gasteiger partial charge >= 0.3 is 0 Å². The molecule has 0 aliphatic carbocycles. The van der Waals surface area contributed by atoms with E-state index in [0.717, 1.165) is 42.0 Å². The van der Waals surface area contributed by atoms with Gasteiger partial charge in [-0.05, 0) is 43.2 Å². The van der Waals surface area contributed by atoms with Gasteiger partial charge in [0.25, 0.3) is 0 Å². The summed E-state index contributed by atoms with van der Waals surface area (Å²) in [7, 11) is 0. The Morgan fingerprint density at radius 1 is 1.28 bits per heavy atom. The molecule has 0 spiro atoms. The van der Waals surface area contributed by atoms with Crippen molar-refractivity contribution in [3.63, 3.8) is 0 Å². The smallest absolute Gasteiger partial charge is 0.148 e. The van der Waals surface area contributed by atoms with Crippen molar-refractivity contribution in [1.29, 1.82) is 0 Å². The van der Waals surface area contributed by atoms with E-state index in [1.807, 2.05) is 31.3 Å². The largest absolute Gasteiger partial charge is 0.484 e. The van der Waals surface area contributed by atoms with E-state index in [2.05, 4.69) is 27.0 Å². The van der Waals surface area contributed by atoms with E-state index >= 15 is 0 Å². The first-order valence-corrected chi connectivity index (χ1v) is 10.0. The second-order valence-electron chi connectivity index (χ2n) is 7.24. The van der Waals surface area contributed by atoms with Crippen LogP contribution >= 0.6 is 11.6 Å². The number of rotatable bonds is 4. The molecular formula is C21H21ClN6O. The van der Waals surface area contributed by atoms with Crippen LogP contribution in [0.3, 0.4) is 0 Å². The highest BCUT2D eigenvalue weighted by atomic mass is 35.5. The Bertz CT molecular complexity index is 1180. The molecule has 1 unspecified atom stereocenters. The Hall–Kier alpha value is -2.90. The molecule has 0 fully saturated rings. The van der Waals surface area contributed by atoms with Crippen LogP contribution in [0.4, 0.5) is 0 Å². The van der Waals surface area contributed by atoms with Crippen LogP contribution < -0.4 is 10.1 Å². The molecule has 1 aliphatic heterocycles. The second kappa shape index (κ2) is 7.17. The zero-order valence-corrected chi connectivity index (χ0v) is 17.0. The first-order valence-electron chi connectivity index (χ1n) is 9.62. The van der Waals surface area contributed by atoms with Gasteiger partial charge in [-0.3, -0.25) is 9.67 Å². The maximum atomic E-state index is 6.42. The average molecular weight is 409 g/mol. The van der Waals surface area contributed by atoms with Crippen molar-refractivity contribution in [2.75, 3.05) is 6.54 Å². The van der Waals surface area contributed by atoms with Crippen LogP contribution in [0.15, 0.2) is 43.0 Å². The van der Waals surface area contributed by atoms with Gasteiger partial charge in [0, 0.05) is 37.2 Å². The van der Waals surface area contributed by atoms with Crippen LogP contribution in [0, 0.1) is 6.92 Å². The predicted octanol–water partition coefficient (Wildman–Crippen LogP) is 3.80. The zero-order chi connectivity index (χ0) is 20.0. The minimum atomic E-state index is -0.163. The summed E-state index contributed by atoms with van der Waals surface area (Å²) in [5.41, 5.74) is 6.08. The fourth-order valence-electron chi connectivity index (χ4n) is 3.82. The lowest BCUT2D eigenvalue weighted by Gasteiger charge is -2.17. The third-order valence-corrected chi connectivity index (χ3v) is 5.67. The summed E-state index contributed by atoms with van der Waals surface area (Å²) in [5, 5.41) is 13.2. The maximum Gasteiger partial charge on any atom is 0.148 e. The molecule has 4 aromatic rings. The fourth-order valence-corrected chi connectivity index (χ4v) is 4.05. The highest BCUT2D eigenvalue weighted by molar-refractivity contribution is 6.34. The molecule has 7 nitrogen and oxygen atoms in total.